The van der Waals surface area contributed by atoms with Gasteiger partial charge >= 0.3 is 0 Å². The number of epoxide rings is 1. The predicted octanol–water partition coefficient (Wildman–Crippen LogP) is 4.32. The fraction of sp³-hybridized carbons (Fsp3) is 1.00. The van der Waals surface area contributed by atoms with Gasteiger partial charge in [0.05, 0.1) is 12.2 Å². The molecule has 1 N–H and O–H groups in total. The Bertz CT molecular complexity index is 250. The van der Waals surface area contributed by atoms with Gasteiger partial charge in [-0.05, 0) is 31.6 Å². The van der Waals surface area contributed by atoms with Gasteiger partial charge < -0.3 is 14.6 Å². The first-order chi connectivity index (χ1) is 10.8. The van der Waals surface area contributed by atoms with E-state index in [1.54, 1.807) is 0 Å². The van der Waals surface area contributed by atoms with Crippen molar-refractivity contribution in [3.05, 3.63) is 0 Å². The lowest BCUT2D eigenvalue weighted by Crippen LogP contribution is -2.18. The summed E-state index contributed by atoms with van der Waals surface area (Å²) in [6.07, 6.45) is 16.1. The Morgan fingerprint density at radius 2 is 1.71 bits per heavy atom. The molecule has 0 spiro atoms. The zero-order valence-electron chi connectivity index (χ0n) is 15.1. The third-order valence-corrected chi connectivity index (χ3v) is 4.61. The number of unbranched alkanes of at least 4 members (excludes halogenated alkanes) is 7. The summed E-state index contributed by atoms with van der Waals surface area (Å²) in [6, 6.07) is 0. The molecule has 1 aliphatic heterocycles. The second kappa shape index (κ2) is 12.4. The molecule has 1 heterocycles. The normalized spacial score (nSPS) is 27.3. The van der Waals surface area contributed by atoms with E-state index in [0.29, 0.717) is 12.2 Å². The van der Waals surface area contributed by atoms with Crippen LogP contribution in [-0.2, 0) is 9.47 Å². The molecule has 21 heavy (non-hydrogen) atoms. The van der Waals surface area contributed by atoms with Crippen LogP contribution < -0.4 is 0 Å². The average Bonchev–Trinajstić information content (AvgIpc) is 3.28. The van der Waals surface area contributed by atoms with Gasteiger partial charge in [-0.25, -0.2) is 0 Å². The maximum absolute atomic E-state index is 5.83. The second-order valence-corrected chi connectivity index (χ2v) is 6.44. The molecule has 1 saturated heterocycles. The van der Waals surface area contributed by atoms with E-state index in [-0.39, 0.29) is 0 Å². The number of aliphatic hydroxyl groups excluding tert-OH is 1. The van der Waals surface area contributed by atoms with Crippen LogP contribution in [0.1, 0.15) is 77.6 Å². The summed E-state index contributed by atoms with van der Waals surface area (Å²) in [6.45, 7) is 4.22. The van der Waals surface area contributed by atoms with Gasteiger partial charge in [-0.15, -0.1) is 0 Å². The molecule has 1 aliphatic carbocycles. The van der Waals surface area contributed by atoms with Gasteiger partial charge in [0.2, 0.25) is 1.43 Å². The van der Waals surface area contributed by atoms with Crippen LogP contribution in [-0.4, -0.2) is 39.1 Å². The molecular formula is C18H36O3. The van der Waals surface area contributed by atoms with Crippen molar-refractivity contribution in [3.8, 4) is 0 Å². The molecule has 2 aliphatic rings. The summed E-state index contributed by atoms with van der Waals surface area (Å²) in [5, 5.41) is 3.50. The maximum Gasteiger partial charge on any atom is 0.210 e. The second-order valence-electron chi connectivity index (χ2n) is 6.44. The fourth-order valence-electron chi connectivity index (χ4n) is 3.23. The standard InChI is InChI=1S/C17H32O2.CH4O/c1-2-3-4-5-6-7-8-9-12-18-14-15-10-11-16-17(13-15)19-16;1-2/h15-17H,2-14H2,1H3;2H,1H3/i;2D. The first-order valence-electron chi connectivity index (χ1n) is 9.45. The van der Waals surface area contributed by atoms with Crippen molar-refractivity contribution < 1.29 is 14.6 Å². The lowest BCUT2D eigenvalue weighted by Gasteiger charge is -2.18. The molecular weight excluding hydrogens is 264 g/mol. The lowest BCUT2D eigenvalue weighted by molar-refractivity contribution is 0.0851. The van der Waals surface area contributed by atoms with E-state index in [4.69, 9.17) is 10.9 Å². The van der Waals surface area contributed by atoms with E-state index < -0.39 is 0 Å². The Hall–Kier alpha value is -0.120. The first-order valence-corrected chi connectivity index (χ1v) is 9.04. The van der Waals surface area contributed by atoms with Gasteiger partial charge in [-0.3, -0.25) is 0 Å². The molecule has 3 atom stereocenters. The Labute approximate surface area is 132 Å². The third kappa shape index (κ3) is 8.80. The van der Waals surface area contributed by atoms with Gasteiger partial charge in [0, 0.05) is 20.3 Å². The highest BCUT2D eigenvalue weighted by Crippen LogP contribution is 2.39. The fourth-order valence-corrected chi connectivity index (χ4v) is 3.23. The molecule has 3 heteroatoms. The molecule has 3 unspecified atom stereocenters. The monoisotopic (exact) mass is 301 g/mol. The van der Waals surface area contributed by atoms with Crippen molar-refractivity contribution in [2.45, 2.75) is 89.8 Å². The molecule has 2 rings (SSSR count). The Morgan fingerprint density at radius 1 is 1.05 bits per heavy atom. The van der Waals surface area contributed by atoms with Gasteiger partial charge in [0.25, 0.3) is 0 Å². The van der Waals surface area contributed by atoms with Crippen LogP contribution in [0.15, 0.2) is 0 Å². The van der Waals surface area contributed by atoms with Crippen LogP contribution >= 0.6 is 0 Å². The van der Waals surface area contributed by atoms with Crippen LogP contribution in [0.3, 0.4) is 0 Å². The molecule has 0 bridgehead atoms. The summed E-state index contributed by atoms with van der Waals surface area (Å²) >= 11 is 0. The molecule has 0 amide bonds. The molecule has 2 fully saturated rings. The Balaban J connectivity index is 0.000000745. The zero-order chi connectivity index (χ0) is 16.0. The van der Waals surface area contributed by atoms with Gasteiger partial charge in [0.15, 0.2) is 0 Å². The number of rotatable bonds is 11. The summed E-state index contributed by atoms with van der Waals surface area (Å²) in [7, 11) is 1.29. The molecule has 3 nitrogen and oxygen atoms in total. The SMILES string of the molecule is CCCCCCCCCCOCC1CCC2OC2C1.[2H]OC. The Kier molecular flexibility index (Phi) is 10.2. The minimum Gasteiger partial charge on any atom is -0.400 e. The van der Waals surface area contributed by atoms with E-state index >= 15 is 0 Å². The number of ether oxygens (including phenoxy) is 2. The van der Waals surface area contributed by atoms with E-state index in [1.807, 2.05) is 0 Å². The van der Waals surface area contributed by atoms with Crippen molar-refractivity contribution in [2.75, 3.05) is 20.3 Å². The third-order valence-electron chi connectivity index (χ3n) is 4.61. The van der Waals surface area contributed by atoms with E-state index in [2.05, 4.69) is 12.0 Å². The summed E-state index contributed by atoms with van der Waals surface area (Å²) < 4.78 is 17.1. The van der Waals surface area contributed by atoms with Crippen molar-refractivity contribution in [1.29, 1.82) is 1.43 Å². The summed E-state index contributed by atoms with van der Waals surface area (Å²) in [5.41, 5.74) is 0. The summed E-state index contributed by atoms with van der Waals surface area (Å²) in [4.78, 5) is 0. The van der Waals surface area contributed by atoms with Crippen LogP contribution in [0, 0.1) is 5.92 Å². The Morgan fingerprint density at radius 3 is 2.38 bits per heavy atom. The molecule has 0 radical (unpaired) electrons. The van der Waals surface area contributed by atoms with Crippen LogP contribution in [0.2, 0.25) is 0 Å². The first kappa shape index (κ1) is 17.2. The zero-order valence-corrected chi connectivity index (χ0v) is 14.1. The highest BCUT2D eigenvalue weighted by molar-refractivity contribution is 4.91. The van der Waals surface area contributed by atoms with Crippen LogP contribution in [0.4, 0.5) is 0 Å². The van der Waals surface area contributed by atoms with Crippen LogP contribution in [0.25, 0.3) is 0 Å². The van der Waals surface area contributed by atoms with Crippen molar-refractivity contribution in [3.63, 3.8) is 0 Å². The van der Waals surface area contributed by atoms with Gasteiger partial charge in [-0.1, -0.05) is 51.9 Å². The molecule has 0 aromatic heterocycles. The maximum atomic E-state index is 5.83. The van der Waals surface area contributed by atoms with Crippen molar-refractivity contribution in [1.82, 2.24) is 0 Å². The highest BCUT2D eigenvalue weighted by Gasteiger charge is 2.43. The van der Waals surface area contributed by atoms with Crippen molar-refractivity contribution >= 4 is 0 Å². The lowest BCUT2D eigenvalue weighted by atomic mass is 9.90. The van der Waals surface area contributed by atoms with E-state index in [0.717, 1.165) is 19.1 Å². The highest BCUT2D eigenvalue weighted by atomic mass is 16.6. The largest absolute Gasteiger partial charge is 0.400 e. The number of hydrogen-bond acceptors (Lipinski definition) is 3. The average molecular weight is 301 g/mol. The quantitative estimate of drug-likeness (QED) is 0.456. The minimum absolute atomic E-state index is 0.602. The van der Waals surface area contributed by atoms with Crippen LogP contribution in [0.5, 0.6) is 0 Å². The molecule has 0 aromatic carbocycles. The smallest absolute Gasteiger partial charge is 0.210 e. The van der Waals surface area contributed by atoms with Crippen molar-refractivity contribution in [2.24, 2.45) is 5.92 Å². The topological polar surface area (TPSA) is 42.0 Å². The predicted molar refractivity (Wildman–Crippen MR) is 87.6 cm³/mol. The van der Waals surface area contributed by atoms with E-state index in [9.17, 15) is 0 Å². The van der Waals surface area contributed by atoms with E-state index in [1.165, 1.54) is 77.7 Å². The number of aliphatic hydroxyl groups is 1. The minimum atomic E-state index is 0.602. The molecule has 126 valence electrons. The van der Waals surface area contributed by atoms with Gasteiger partial charge in [-0.2, -0.15) is 0 Å². The van der Waals surface area contributed by atoms with Gasteiger partial charge in [0.1, 0.15) is 0 Å². The molecule has 0 aromatic rings. The summed E-state index contributed by atoms with van der Waals surface area (Å²) in [5.74, 6) is 0.776. The number of fused-ring (bicyclic) bond motifs is 1. The molecule has 1 saturated carbocycles. The number of hydrogen-bond donors (Lipinski definition) is 1.